The van der Waals surface area contributed by atoms with Gasteiger partial charge in [0.25, 0.3) is 0 Å². The number of aliphatic hydroxyl groups is 1. The van der Waals surface area contributed by atoms with E-state index >= 15 is 0 Å². The Morgan fingerprint density at radius 1 is 0.806 bits per heavy atom. The number of hydrogen-bond acceptors (Lipinski definition) is 5. The SMILES string of the molecule is O=C1N(Cc2ccc(S(=O)(=O)N3CCCCC3)cc2)CCN1C[C@H](O)CN1CCc2ccccc2C1. The zero-order valence-electron chi connectivity index (χ0n) is 20.8. The number of fused-ring (bicyclic) bond motifs is 1. The number of piperidine rings is 1. The molecule has 2 amide bonds. The molecule has 3 aliphatic rings. The van der Waals surface area contributed by atoms with E-state index in [1.54, 1.807) is 38.4 Å². The second-order valence-corrected chi connectivity index (χ2v) is 12.1. The van der Waals surface area contributed by atoms with Gasteiger partial charge in [-0.2, -0.15) is 4.31 Å². The lowest BCUT2D eigenvalue weighted by Crippen LogP contribution is -2.43. The smallest absolute Gasteiger partial charge is 0.320 e. The normalized spacial score (nSPS) is 20.5. The van der Waals surface area contributed by atoms with Crippen LogP contribution in [0.4, 0.5) is 4.79 Å². The molecule has 3 aliphatic heterocycles. The van der Waals surface area contributed by atoms with Crippen molar-refractivity contribution in [1.82, 2.24) is 19.0 Å². The Hall–Kier alpha value is -2.46. The fraction of sp³-hybridized carbons (Fsp3) is 0.519. The zero-order chi connectivity index (χ0) is 25.1. The van der Waals surface area contributed by atoms with Crippen molar-refractivity contribution in [2.24, 2.45) is 0 Å². The first-order valence-corrected chi connectivity index (χ1v) is 14.4. The summed E-state index contributed by atoms with van der Waals surface area (Å²) in [6.45, 7) is 5.38. The summed E-state index contributed by atoms with van der Waals surface area (Å²) in [7, 11) is -3.46. The first-order chi connectivity index (χ1) is 17.4. The van der Waals surface area contributed by atoms with Crippen molar-refractivity contribution in [2.75, 3.05) is 45.8 Å². The number of rotatable bonds is 8. The minimum absolute atomic E-state index is 0.0805. The van der Waals surface area contributed by atoms with Crippen molar-refractivity contribution in [1.29, 1.82) is 0 Å². The molecule has 36 heavy (non-hydrogen) atoms. The number of hydrogen-bond donors (Lipinski definition) is 1. The van der Waals surface area contributed by atoms with Crippen LogP contribution in [-0.4, -0.2) is 90.5 Å². The third-order valence-corrected chi connectivity index (χ3v) is 9.45. The number of sulfonamides is 1. The lowest BCUT2D eigenvalue weighted by atomic mass is 10.00. The summed E-state index contributed by atoms with van der Waals surface area (Å²) in [6.07, 6.45) is 3.28. The van der Waals surface area contributed by atoms with E-state index in [2.05, 4.69) is 29.2 Å². The van der Waals surface area contributed by atoms with Crippen LogP contribution in [-0.2, 0) is 29.5 Å². The molecule has 0 radical (unpaired) electrons. The van der Waals surface area contributed by atoms with Crippen LogP contribution in [0.15, 0.2) is 53.4 Å². The van der Waals surface area contributed by atoms with Gasteiger partial charge in [-0.25, -0.2) is 13.2 Å². The van der Waals surface area contributed by atoms with E-state index in [4.69, 9.17) is 0 Å². The lowest BCUT2D eigenvalue weighted by molar-refractivity contribution is 0.0812. The standard InChI is InChI=1S/C27H36N4O4S/c32-25(20-28-15-12-23-6-2-3-7-24(23)19-28)21-30-17-16-29(27(30)33)18-22-8-10-26(11-9-22)36(34,35)31-13-4-1-5-14-31/h2-3,6-11,25,32H,1,4-5,12-21H2/t25-/m1/s1. The molecule has 5 rings (SSSR count). The van der Waals surface area contributed by atoms with Gasteiger partial charge in [-0.3, -0.25) is 4.90 Å². The Labute approximate surface area is 214 Å². The van der Waals surface area contributed by atoms with E-state index in [9.17, 15) is 18.3 Å². The Balaban J connectivity index is 1.12. The van der Waals surface area contributed by atoms with Gasteiger partial charge in [-0.05, 0) is 48.1 Å². The molecule has 194 valence electrons. The van der Waals surface area contributed by atoms with E-state index < -0.39 is 16.1 Å². The Morgan fingerprint density at radius 3 is 2.25 bits per heavy atom. The minimum atomic E-state index is -3.46. The number of nitrogens with zero attached hydrogens (tertiary/aromatic N) is 4. The van der Waals surface area contributed by atoms with Crippen LogP contribution in [0.25, 0.3) is 0 Å². The molecule has 9 heteroatoms. The van der Waals surface area contributed by atoms with Crippen LogP contribution < -0.4 is 0 Å². The Morgan fingerprint density at radius 2 is 1.50 bits per heavy atom. The Kier molecular flexibility index (Phi) is 7.62. The fourth-order valence-corrected chi connectivity index (χ4v) is 7.03. The van der Waals surface area contributed by atoms with Crippen LogP contribution in [0.2, 0.25) is 0 Å². The molecule has 0 spiro atoms. The van der Waals surface area contributed by atoms with Crippen LogP contribution in [0.5, 0.6) is 0 Å². The Bertz CT molecular complexity index is 1160. The van der Waals surface area contributed by atoms with Gasteiger partial charge in [0.2, 0.25) is 10.0 Å². The van der Waals surface area contributed by atoms with Gasteiger partial charge >= 0.3 is 6.03 Å². The molecule has 1 N–H and O–H groups in total. The van der Waals surface area contributed by atoms with E-state index in [1.165, 1.54) is 11.1 Å². The summed E-state index contributed by atoms with van der Waals surface area (Å²) in [6, 6.07) is 15.3. The monoisotopic (exact) mass is 512 g/mol. The highest BCUT2D eigenvalue weighted by atomic mass is 32.2. The lowest BCUT2D eigenvalue weighted by Gasteiger charge is -2.31. The summed E-state index contributed by atoms with van der Waals surface area (Å²) >= 11 is 0. The van der Waals surface area contributed by atoms with Gasteiger partial charge in [-0.15, -0.1) is 0 Å². The van der Waals surface area contributed by atoms with Crippen LogP contribution in [0.1, 0.15) is 36.0 Å². The number of urea groups is 1. The first-order valence-electron chi connectivity index (χ1n) is 13.0. The predicted molar refractivity (Wildman–Crippen MR) is 138 cm³/mol. The molecule has 0 bridgehead atoms. The largest absolute Gasteiger partial charge is 0.390 e. The van der Waals surface area contributed by atoms with Crippen LogP contribution >= 0.6 is 0 Å². The third-order valence-electron chi connectivity index (χ3n) is 7.54. The number of β-amino-alcohol motifs (C(OH)–C–C–N with tert-alkyl or cyclic N) is 1. The van der Waals surface area contributed by atoms with Crippen molar-refractivity contribution < 1.29 is 18.3 Å². The van der Waals surface area contributed by atoms with Gasteiger partial charge < -0.3 is 14.9 Å². The highest BCUT2D eigenvalue weighted by molar-refractivity contribution is 7.89. The highest BCUT2D eigenvalue weighted by Crippen LogP contribution is 2.22. The molecule has 1 atom stereocenters. The fourth-order valence-electron chi connectivity index (χ4n) is 5.51. The molecule has 2 fully saturated rings. The van der Waals surface area contributed by atoms with E-state index in [-0.39, 0.29) is 6.03 Å². The van der Waals surface area contributed by atoms with Crippen molar-refractivity contribution in [3.05, 3.63) is 65.2 Å². The number of carbonyl (C=O) groups excluding carboxylic acids is 1. The highest BCUT2D eigenvalue weighted by Gasteiger charge is 2.31. The summed E-state index contributed by atoms with van der Waals surface area (Å²) in [5.74, 6) is 0. The van der Waals surface area contributed by atoms with Gasteiger partial charge in [0.1, 0.15) is 0 Å². The van der Waals surface area contributed by atoms with Gasteiger partial charge in [-0.1, -0.05) is 42.8 Å². The third kappa shape index (κ3) is 5.59. The minimum Gasteiger partial charge on any atom is -0.390 e. The zero-order valence-corrected chi connectivity index (χ0v) is 21.6. The maximum atomic E-state index is 13.0. The second kappa shape index (κ2) is 10.9. The van der Waals surface area contributed by atoms with E-state index in [0.29, 0.717) is 50.7 Å². The molecule has 0 aliphatic carbocycles. The molecule has 2 aromatic rings. The topological polar surface area (TPSA) is 84.4 Å². The number of amides is 2. The number of carbonyl (C=O) groups is 1. The van der Waals surface area contributed by atoms with Crippen LogP contribution in [0.3, 0.4) is 0 Å². The maximum Gasteiger partial charge on any atom is 0.320 e. The molecule has 3 heterocycles. The molecule has 2 saturated heterocycles. The van der Waals surface area contributed by atoms with Gasteiger partial charge in [0, 0.05) is 58.9 Å². The summed E-state index contributed by atoms with van der Waals surface area (Å²) in [5, 5.41) is 10.7. The average Bonchev–Trinajstić information content (AvgIpc) is 3.23. The molecular formula is C27H36N4O4S. The predicted octanol–water partition coefficient (Wildman–Crippen LogP) is 2.52. The summed E-state index contributed by atoms with van der Waals surface area (Å²) < 4.78 is 27.3. The van der Waals surface area contributed by atoms with Crippen molar-refractivity contribution >= 4 is 16.1 Å². The molecular weight excluding hydrogens is 476 g/mol. The quantitative estimate of drug-likeness (QED) is 0.588. The van der Waals surface area contributed by atoms with Crippen molar-refractivity contribution in [2.45, 2.75) is 49.8 Å². The molecule has 8 nitrogen and oxygen atoms in total. The molecule has 2 aromatic carbocycles. The van der Waals surface area contributed by atoms with Gasteiger partial charge in [0.15, 0.2) is 0 Å². The van der Waals surface area contributed by atoms with Crippen LogP contribution in [0, 0.1) is 0 Å². The molecule has 0 unspecified atom stereocenters. The van der Waals surface area contributed by atoms with E-state index in [1.807, 2.05) is 0 Å². The summed E-state index contributed by atoms with van der Waals surface area (Å²) in [4.78, 5) is 19.0. The van der Waals surface area contributed by atoms with Gasteiger partial charge in [0.05, 0.1) is 11.0 Å². The number of aliphatic hydroxyl groups excluding tert-OH is 1. The van der Waals surface area contributed by atoms with E-state index in [0.717, 1.165) is 44.3 Å². The average molecular weight is 513 g/mol. The first kappa shape index (κ1) is 25.2. The molecule has 0 saturated carbocycles. The van der Waals surface area contributed by atoms with Crippen molar-refractivity contribution in [3.63, 3.8) is 0 Å². The summed E-state index contributed by atoms with van der Waals surface area (Å²) in [5.41, 5.74) is 3.59. The second-order valence-electron chi connectivity index (χ2n) is 10.2. The molecule has 0 aromatic heterocycles. The number of benzene rings is 2. The maximum absolute atomic E-state index is 13.0. The van der Waals surface area contributed by atoms with Crippen molar-refractivity contribution in [3.8, 4) is 0 Å².